The van der Waals surface area contributed by atoms with Crippen molar-refractivity contribution in [1.29, 1.82) is 0 Å². The van der Waals surface area contributed by atoms with Gasteiger partial charge in [0.25, 0.3) is 5.91 Å². The normalized spacial score (nSPS) is 12.1. The molecule has 3 rings (SSSR count). The summed E-state index contributed by atoms with van der Waals surface area (Å²) in [5, 5.41) is 18.4. The number of aliphatic hydroxyl groups is 1. The Morgan fingerprint density at radius 3 is 2.74 bits per heavy atom. The van der Waals surface area contributed by atoms with Crippen LogP contribution in [0.1, 0.15) is 17.4 Å². The molecule has 6 heteroatoms. The van der Waals surface area contributed by atoms with Gasteiger partial charge in [0.1, 0.15) is 0 Å². The SMILES string of the molecule is CC(O)CNC(=O)c1cc(-c2cccs2)n(-c2ccccc2)n1. The number of aliphatic hydroxyl groups excluding tert-OH is 1. The van der Waals surface area contributed by atoms with Gasteiger partial charge in [-0.2, -0.15) is 5.10 Å². The van der Waals surface area contributed by atoms with Gasteiger partial charge >= 0.3 is 0 Å². The van der Waals surface area contributed by atoms with Crippen LogP contribution in [-0.2, 0) is 0 Å². The van der Waals surface area contributed by atoms with Gasteiger partial charge in [-0.3, -0.25) is 4.79 Å². The molecule has 2 heterocycles. The van der Waals surface area contributed by atoms with E-state index >= 15 is 0 Å². The average molecular weight is 327 g/mol. The lowest BCUT2D eigenvalue weighted by molar-refractivity contribution is 0.0918. The van der Waals surface area contributed by atoms with Gasteiger partial charge in [0.2, 0.25) is 0 Å². The summed E-state index contributed by atoms with van der Waals surface area (Å²) >= 11 is 1.60. The van der Waals surface area contributed by atoms with E-state index in [1.54, 1.807) is 29.0 Å². The number of nitrogens with one attached hydrogen (secondary N) is 1. The van der Waals surface area contributed by atoms with E-state index in [0.717, 1.165) is 16.3 Å². The fourth-order valence-electron chi connectivity index (χ4n) is 2.19. The molecule has 118 valence electrons. The second-order valence-electron chi connectivity index (χ2n) is 5.20. The van der Waals surface area contributed by atoms with Gasteiger partial charge in [0, 0.05) is 6.54 Å². The molecule has 0 aliphatic carbocycles. The quantitative estimate of drug-likeness (QED) is 0.757. The van der Waals surface area contributed by atoms with Crippen LogP contribution in [0, 0.1) is 0 Å². The van der Waals surface area contributed by atoms with Gasteiger partial charge in [-0.25, -0.2) is 4.68 Å². The van der Waals surface area contributed by atoms with Crippen LogP contribution in [0.4, 0.5) is 0 Å². The highest BCUT2D eigenvalue weighted by Gasteiger charge is 2.17. The molecule has 0 saturated carbocycles. The predicted molar refractivity (Wildman–Crippen MR) is 90.9 cm³/mol. The van der Waals surface area contributed by atoms with Crippen LogP contribution in [0.5, 0.6) is 0 Å². The first kappa shape index (κ1) is 15.5. The van der Waals surface area contributed by atoms with Gasteiger partial charge in [-0.05, 0) is 36.6 Å². The number of carbonyl (C=O) groups is 1. The molecule has 5 nitrogen and oxygen atoms in total. The topological polar surface area (TPSA) is 67.2 Å². The van der Waals surface area contributed by atoms with Crippen LogP contribution in [0.2, 0.25) is 0 Å². The molecular weight excluding hydrogens is 310 g/mol. The van der Waals surface area contributed by atoms with Crippen molar-refractivity contribution in [3.63, 3.8) is 0 Å². The number of aromatic nitrogens is 2. The number of hydrogen-bond acceptors (Lipinski definition) is 4. The van der Waals surface area contributed by atoms with Crippen LogP contribution in [0.25, 0.3) is 16.3 Å². The Balaban J connectivity index is 1.99. The largest absolute Gasteiger partial charge is 0.392 e. The third-order valence-electron chi connectivity index (χ3n) is 3.27. The maximum absolute atomic E-state index is 12.2. The molecule has 0 bridgehead atoms. The number of thiophene rings is 1. The molecule has 0 aliphatic heterocycles. The summed E-state index contributed by atoms with van der Waals surface area (Å²) in [4.78, 5) is 13.3. The van der Waals surface area contributed by atoms with E-state index in [9.17, 15) is 9.90 Å². The highest BCUT2D eigenvalue weighted by molar-refractivity contribution is 7.13. The second-order valence-corrected chi connectivity index (χ2v) is 6.15. The van der Waals surface area contributed by atoms with Crippen molar-refractivity contribution in [2.75, 3.05) is 6.54 Å². The van der Waals surface area contributed by atoms with E-state index in [-0.39, 0.29) is 12.5 Å². The first-order valence-corrected chi connectivity index (χ1v) is 8.19. The predicted octanol–water partition coefficient (Wildman–Crippen LogP) is 2.71. The molecule has 0 radical (unpaired) electrons. The Bertz CT molecular complexity index is 780. The van der Waals surface area contributed by atoms with Crippen LogP contribution in [-0.4, -0.2) is 33.4 Å². The molecule has 0 aliphatic rings. The highest BCUT2D eigenvalue weighted by atomic mass is 32.1. The lowest BCUT2D eigenvalue weighted by atomic mass is 10.2. The smallest absolute Gasteiger partial charge is 0.271 e. The lowest BCUT2D eigenvalue weighted by Gasteiger charge is -2.06. The van der Waals surface area contributed by atoms with Crippen molar-refractivity contribution in [3.05, 3.63) is 59.6 Å². The molecular formula is C17H17N3O2S. The maximum Gasteiger partial charge on any atom is 0.271 e. The van der Waals surface area contributed by atoms with E-state index in [0.29, 0.717) is 5.69 Å². The first-order chi connectivity index (χ1) is 11.1. The third-order valence-corrected chi connectivity index (χ3v) is 4.17. The van der Waals surface area contributed by atoms with Gasteiger partial charge in [-0.1, -0.05) is 24.3 Å². The van der Waals surface area contributed by atoms with Crippen LogP contribution < -0.4 is 5.32 Å². The minimum absolute atomic E-state index is 0.200. The van der Waals surface area contributed by atoms with E-state index in [1.165, 1.54) is 0 Å². The molecule has 3 aromatic rings. The van der Waals surface area contributed by atoms with Crippen LogP contribution >= 0.6 is 11.3 Å². The summed E-state index contributed by atoms with van der Waals surface area (Å²) in [6, 6.07) is 15.4. The van der Waals surface area contributed by atoms with Crippen molar-refractivity contribution in [1.82, 2.24) is 15.1 Å². The van der Waals surface area contributed by atoms with E-state index in [1.807, 2.05) is 47.8 Å². The summed E-state index contributed by atoms with van der Waals surface area (Å²) in [6.45, 7) is 1.82. The van der Waals surface area contributed by atoms with Gasteiger partial charge in [0.15, 0.2) is 5.69 Å². The van der Waals surface area contributed by atoms with E-state index in [4.69, 9.17) is 0 Å². The summed E-state index contributed by atoms with van der Waals surface area (Å²) in [6.07, 6.45) is -0.591. The van der Waals surface area contributed by atoms with Crippen molar-refractivity contribution >= 4 is 17.2 Å². The fraction of sp³-hybridized carbons (Fsp3) is 0.176. The summed E-state index contributed by atoms with van der Waals surface area (Å²) < 4.78 is 1.77. The first-order valence-electron chi connectivity index (χ1n) is 7.31. The molecule has 1 aromatic carbocycles. The Morgan fingerprint density at radius 1 is 1.30 bits per heavy atom. The summed E-state index contributed by atoms with van der Waals surface area (Å²) in [5.74, 6) is -0.293. The lowest BCUT2D eigenvalue weighted by Crippen LogP contribution is -2.30. The molecule has 0 fully saturated rings. The van der Waals surface area contributed by atoms with Crippen molar-refractivity contribution in [2.45, 2.75) is 13.0 Å². The van der Waals surface area contributed by atoms with Gasteiger partial charge in [0.05, 0.1) is 22.4 Å². The zero-order chi connectivity index (χ0) is 16.2. The van der Waals surface area contributed by atoms with Gasteiger partial charge < -0.3 is 10.4 Å². The minimum Gasteiger partial charge on any atom is -0.392 e. The molecule has 1 unspecified atom stereocenters. The maximum atomic E-state index is 12.2. The molecule has 1 atom stereocenters. The summed E-state index contributed by atoms with van der Waals surface area (Å²) in [7, 11) is 0. The molecule has 1 amide bonds. The zero-order valence-electron chi connectivity index (χ0n) is 12.6. The van der Waals surface area contributed by atoms with E-state index < -0.39 is 6.10 Å². The standard InChI is InChI=1S/C17H17N3O2S/c1-12(21)11-18-17(22)14-10-15(16-8-5-9-23-16)20(19-14)13-6-3-2-4-7-13/h2-10,12,21H,11H2,1H3,(H,18,22). The number of amides is 1. The molecule has 2 N–H and O–H groups in total. The minimum atomic E-state index is -0.591. The van der Waals surface area contributed by atoms with Crippen molar-refractivity contribution < 1.29 is 9.90 Å². The molecule has 23 heavy (non-hydrogen) atoms. The van der Waals surface area contributed by atoms with Crippen molar-refractivity contribution in [2.24, 2.45) is 0 Å². The second kappa shape index (κ2) is 6.76. The third kappa shape index (κ3) is 3.49. The van der Waals surface area contributed by atoms with Crippen LogP contribution in [0.3, 0.4) is 0 Å². The highest BCUT2D eigenvalue weighted by Crippen LogP contribution is 2.27. The Labute approximate surface area is 138 Å². The monoisotopic (exact) mass is 327 g/mol. The Hall–Kier alpha value is -2.44. The van der Waals surface area contributed by atoms with Crippen LogP contribution in [0.15, 0.2) is 53.9 Å². The average Bonchev–Trinajstić information content (AvgIpc) is 3.22. The Kier molecular flexibility index (Phi) is 4.55. The number of carbonyl (C=O) groups excluding carboxylic acids is 1. The zero-order valence-corrected chi connectivity index (χ0v) is 13.5. The number of rotatable bonds is 5. The van der Waals surface area contributed by atoms with Crippen molar-refractivity contribution in [3.8, 4) is 16.3 Å². The number of para-hydroxylation sites is 1. The number of hydrogen-bond donors (Lipinski definition) is 2. The summed E-state index contributed by atoms with van der Waals surface area (Å²) in [5.41, 5.74) is 2.09. The molecule has 2 aromatic heterocycles. The fourth-order valence-corrected chi connectivity index (χ4v) is 2.92. The molecule has 0 spiro atoms. The van der Waals surface area contributed by atoms with Gasteiger partial charge in [-0.15, -0.1) is 11.3 Å². The van der Waals surface area contributed by atoms with E-state index in [2.05, 4.69) is 10.4 Å². The number of benzene rings is 1. The Morgan fingerprint density at radius 2 is 2.09 bits per heavy atom. The number of nitrogens with zero attached hydrogens (tertiary/aromatic N) is 2. The molecule has 0 saturated heterocycles.